The van der Waals surface area contributed by atoms with Crippen LogP contribution < -0.4 is 0 Å². The largest absolute Gasteiger partial charge is 0.425 e. The molecule has 1 unspecified atom stereocenters. The van der Waals surface area contributed by atoms with Crippen molar-refractivity contribution < 1.29 is 13.6 Å². The van der Waals surface area contributed by atoms with Gasteiger partial charge in [-0.2, -0.15) is 0 Å². The summed E-state index contributed by atoms with van der Waals surface area (Å²) in [6, 6.07) is 11.8. The number of likely N-dealkylation sites (tertiary alicyclic amines) is 1. The van der Waals surface area contributed by atoms with Gasteiger partial charge < -0.3 is 9.32 Å². The first kappa shape index (κ1) is 19.2. The summed E-state index contributed by atoms with van der Waals surface area (Å²) in [6.07, 6.45) is 3.77. The number of piperidine rings is 1. The highest BCUT2D eigenvalue weighted by Crippen LogP contribution is 2.30. The van der Waals surface area contributed by atoms with Gasteiger partial charge in [-0.3, -0.25) is 9.78 Å². The summed E-state index contributed by atoms with van der Waals surface area (Å²) in [7, 11) is 0. The molecule has 7 heteroatoms. The molecule has 3 heterocycles. The topological polar surface area (TPSA) is 72.1 Å². The van der Waals surface area contributed by atoms with E-state index in [0.717, 1.165) is 24.1 Å². The third-order valence-corrected chi connectivity index (χ3v) is 5.41. The van der Waals surface area contributed by atoms with Crippen molar-refractivity contribution >= 4 is 5.91 Å². The Balaban J connectivity index is 1.49. The lowest BCUT2D eigenvalue weighted by atomic mass is 9.90. The van der Waals surface area contributed by atoms with Gasteiger partial charge in [-0.25, -0.2) is 4.39 Å². The van der Waals surface area contributed by atoms with Gasteiger partial charge in [-0.05, 0) is 42.7 Å². The minimum Gasteiger partial charge on any atom is -0.425 e. The van der Waals surface area contributed by atoms with Gasteiger partial charge in [0.25, 0.3) is 0 Å². The fraction of sp³-hybridized carbons (Fsp3) is 0.364. The number of amides is 1. The normalized spacial score (nSPS) is 16.0. The highest BCUT2D eigenvalue weighted by Gasteiger charge is 2.31. The van der Waals surface area contributed by atoms with Crippen molar-refractivity contribution in [1.82, 2.24) is 20.1 Å². The van der Waals surface area contributed by atoms with Crippen LogP contribution in [0.5, 0.6) is 0 Å². The Morgan fingerprint density at radius 1 is 1.17 bits per heavy atom. The second-order valence-electron chi connectivity index (χ2n) is 7.39. The van der Waals surface area contributed by atoms with E-state index in [1.807, 2.05) is 23.1 Å². The van der Waals surface area contributed by atoms with E-state index in [1.54, 1.807) is 25.3 Å². The van der Waals surface area contributed by atoms with Gasteiger partial charge >= 0.3 is 0 Å². The van der Waals surface area contributed by atoms with Crippen LogP contribution in [0.1, 0.15) is 47.7 Å². The van der Waals surface area contributed by atoms with Crippen molar-refractivity contribution in [3.05, 3.63) is 77.5 Å². The molecule has 29 heavy (non-hydrogen) atoms. The lowest BCUT2D eigenvalue weighted by molar-refractivity contribution is -0.134. The van der Waals surface area contributed by atoms with Gasteiger partial charge in [0, 0.05) is 44.2 Å². The third-order valence-electron chi connectivity index (χ3n) is 5.41. The Bertz CT molecular complexity index is 950. The summed E-state index contributed by atoms with van der Waals surface area (Å²) in [5.41, 5.74) is 1.64. The number of carbonyl (C=O) groups is 1. The molecule has 1 fully saturated rings. The van der Waals surface area contributed by atoms with Gasteiger partial charge in [0.1, 0.15) is 5.82 Å². The van der Waals surface area contributed by atoms with Gasteiger partial charge in [-0.1, -0.05) is 18.2 Å². The monoisotopic (exact) mass is 394 g/mol. The molecule has 0 radical (unpaired) electrons. The molecule has 0 saturated carbocycles. The quantitative estimate of drug-likeness (QED) is 0.661. The molecule has 6 nitrogen and oxygen atoms in total. The van der Waals surface area contributed by atoms with Gasteiger partial charge in [0.15, 0.2) is 0 Å². The zero-order chi connectivity index (χ0) is 20.2. The van der Waals surface area contributed by atoms with Gasteiger partial charge in [0.05, 0.1) is 5.92 Å². The number of nitrogens with zero attached hydrogens (tertiary/aromatic N) is 4. The maximum atomic E-state index is 13.4. The van der Waals surface area contributed by atoms with Crippen LogP contribution in [-0.4, -0.2) is 39.1 Å². The highest BCUT2D eigenvalue weighted by molar-refractivity contribution is 5.84. The molecule has 150 valence electrons. The van der Waals surface area contributed by atoms with Crippen LogP contribution in [0.2, 0.25) is 0 Å². The molecule has 1 aromatic carbocycles. The second kappa shape index (κ2) is 8.51. The van der Waals surface area contributed by atoms with Gasteiger partial charge in [-0.15, -0.1) is 10.2 Å². The number of aryl methyl sites for hydroxylation is 1. The lowest BCUT2D eigenvalue weighted by Gasteiger charge is -2.33. The van der Waals surface area contributed by atoms with Crippen molar-refractivity contribution in [2.75, 3.05) is 13.1 Å². The minimum atomic E-state index is -0.396. The van der Waals surface area contributed by atoms with E-state index < -0.39 is 5.92 Å². The average molecular weight is 394 g/mol. The molecule has 4 rings (SSSR count). The summed E-state index contributed by atoms with van der Waals surface area (Å²) in [4.78, 5) is 19.6. The average Bonchev–Trinajstić information content (AvgIpc) is 3.19. The molecule has 1 amide bonds. The minimum absolute atomic E-state index is 0.0439. The number of aromatic nitrogens is 3. The maximum absolute atomic E-state index is 13.4. The number of rotatable bonds is 5. The first-order valence-corrected chi connectivity index (χ1v) is 9.84. The summed E-state index contributed by atoms with van der Waals surface area (Å²) in [6.45, 7) is 3.04. The molecule has 3 aromatic rings. The van der Waals surface area contributed by atoms with E-state index >= 15 is 0 Å². The van der Waals surface area contributed by atoms with E-state index in [9.17, 15) is 9.18 Å². The second-order valence-corrected chi connectivity index (χ2v) is 7.39. The third kappa shape index (κ3) is 4.50. The van der Waals surface area contributed by atoms with Crippen LogP contribution in [0.3, 0.4) is 0 Å². The molecule has 0 N–H and O–H groups in total. The molecule has 0 bridgehead atoms. The molecule has 1 saturated heterocycles. The number of carbonyl (C=O) groups excluding carboxylic acids is 1. The van der Waals surface area contributed by atoms with Crippen LogP contribution in [0.15, 0.2) is 53.1 Å². The summed E-state index contributed by atoms with van der Waals surface area (Å²) >= 11 is 0. The SMILES string of the molecule is Cc1nnc(C2CCN(C(=O)C(Cc3ccccn3)c3ccc(F)cc3)CC2)o1. The fourth-order valence-electron chi connectivity index (χ4n) is 3.81. The summed E-state index contributed by atoms with van der Waals surface area (Å²) in [5.74, 6) is 0.729. The van der Waals surface area contributed by atoms with E-state index in [0.29, 0.717) is 31.3 Å². The van der Waals surface area contributed by atoms with Crippen molar-refractivity contribution in [2.45, 2.75) is 38.0 Å². The van der Waals surface area contributed by atoms with Crippen LogP contribution in [0, 0.1) is 12.7 Å². The number of halogens is 1. The molecule has 1 aliphatic heterocycles. The Morgan fingerprint density at radius 2 is 1.93 bits per heavy atom. The molecule has 0 spiro atoms. The van der Waals surface area contributed by atoms with Crippen molar-refractivity contribution in [3.63, 3.8) is 0 Å². The van der Waals surface area contributed by atoms with E-state index in [-0.39, 0.29) is 17.6 Å². The zero-order valence-corrected chi connectivity index (χ0v) is 16.3. The number of pyridine rings is 1. The molecular weight excluding hydrogens is 371 g/mol. The summed E-state index contributed by atoms with van der Waals surface area (Å²) < 4.78 is 19.0. The summed E-state index contributed by atoms with van der Waals surface area (Å²) in [5, 5.41) is 8.03. The van der Waals surface area contributed by atoms with Crippen LogP contribution >= 0.6 is 0 Å². The fourth-order valence-corrected chi connectivity index (χ4v) is 3.81. The molecule has 1 aliphatic rings. The van der Waals surface area contributed by atoms with Crippen LogP contribution in [0.25, 0.3) is 0 Å². The first-order valence-electron chi connectivity index (χ1n) is 9.84. The van der Waals surface area contributed by atoms with E-state index in [4.69, 9.17) is 4.42 Å². The van der Waals surface area contributed by atoms with Crippen molar-refractivity contribution in [2.24, 2.45) is 0 Å². The zero-order valence-electron chi connectivity index (χ0n) is 16.3. The number of hydrogen-bond donors (Lipinski definition) is 0. The van der Waals surface area contributed by atoms with E-state index in [1.165, 1.54) is 12.1 Å². The smallest absolute Gasteiger partial charge is 0.230 e. The van der Waals surface area contributed by atoms with E-state index in [2.05, 4.69) is 15.2 Å². The standard InChI is InChI=1S/C22H23FN4O2/c1-15-25-26-21(29-15)17-9-12-27(13-10-17)22(28)20(14-19-4-2-3-11-24-19)16-5-7-18(23)8-6-16/h2-8,11,17,20H,9-10,12-14H2,1H3. The van der Waals surface area contributed by atoms with Crippen LogP contribution in [-0.2, 0) is 11.2 Å². The van der Waals surface area contributed by atoms with Crippen LogP contribution in [0.4, 0.5) is 4.39 Å². The predicted octanol–water partition coefficient (Wildman–Crippen LogP) is 3.64. The molecule has 1 atom stereocenters. The molecule has 0 aliphatic carbocycles. The first-order chi connectivity index (χ1) is 14.1. The van der Waals surface area contributed by atoms with Crippen molar-refractivity contribution in [3.8, 4) is 0 Å². The van der Waals surface area contributed by atoms with Gasteiger partial charge in [0.2, 0.25) is 17.7 Å². The Morgan fingerprint density at radius 3 is 2.55 bits per heavy atom. The number of benzene rings is 1. The lowest BCUT2D eigenvalue weighted by Crippen LogP contribution is -2.41. The maximum Gasteiger partial charge on any atom is 0.230 e. The van der Waals surface area contributed by atoms with Crippen molar-refractivity contribution in [1.29, 1.82) is 0 Å². The molecular formula is C22H23FN4O2. The molecule has 2 aromatic heterocycles. The Kier molecular flexibility index (Phi) is 5.64. The Labute approximate surface area is 168 Å². The Hall–Kier alpha value is -3.09. The predicted molar refractivity (Wildman–Crippen MR) is 105 cm³/mol. The highest BCUT2D eigenvalue weighted by atomic mass is 19.1. The number of hydrogen-bond acceptors (Lipinski definition) is 5.